The van der Waals surface area contributed by atoms with E-state index < -0.39 is 9.85 Å². The molecule has 0 spiro atoms. The van der Waals surface area contributed by atoms with E-state index >= 15 is 0 Å². The molecule has 10 heteroatoms. The molecule has 0 unspecified atom stereocenters. The summed E-state index contributed by atoms with van der Waals surface area (Å²) in [6, 6.07) is 10.6. The molecule has 0 aromatic heterocycles. The van der Waals surface area contributed by atoms with E-state index in [2.05, 4.69) is 4.99 Å². The molecular formula is C18H16N4O5S. The molecule has 1 aliphatic heterocycles. The molecule has 1 aliphatic rings. The average Bonchev–Trinajstić information content (AvgIpc) is 3.14. The highest BCUT2D eigenvalue weighted by molar-refractivity contribution is 8.13. The van der Waals surface area contributed by atoms with Crippen LogP contribution in [-0.2, 0) is 5.75 Å². The fourth-order valence-corrected chi connectivity index (χ4v) is 3.80. The van der Waals surface area contributed by atoms with Crippen LogP contribution in [0.5, 0.6) is 0 Å². The first kappa shape index (κ1) is 19.5. The number of hydrogen-bond donors (Lipinski definition) is 0. The normalized spacial score (nSPS) is 13.3. The van der Waals surface area contributed by atoms with Crippen molar-refractivity contribution in [2.75, 3.05) is 13.1 Å². The van der Waals surface area contributed by atoms with Gasteiger partial charge in [0.25, 0.3) is 17.3 Å². The number of nitro groups is 2. The van der Waals surface area contributed by atoms with E-state index in [1.165, 1.54) is 40.9 Å². The number of amidine groups is 1. The standard InChI is InChI=1S/C18H16N4O5S/c1-12-15(3-2-4-16(12)22(26)27)17(23)20-10-9-19-18(20)28-11-13-5-7-14(8-6-13)21(24)25/h2-8H,9-11H2,1H3. The fourth-order valence-electron chi connectivity index (χ4n) is 2.80. The van der Waals surface area contributed by atoms with Crippen molar-refractivity contribution in [2.45, 2.75) is 12.7 Å². The highest BCUT2D eigenvalue weighted by atomic mass is 32.2. The van der Waals surface area contributed by atoms with Gasteiger partial charge in [0.15, 0.2) is 5.17 Å². The zero-order chi connectivity index (χ0) is 20.3. The molecule has 0 saturated heterocycles. The van der Waals surface area contributed by atoms with Gasteiger partial charge >= 0.3 is 0 Å². The van der Waals surface area contributed by atoms with Gasteiger partial charge in [-0.2, -0.15) is 0 Å². The topological polar surface area (TPSA) is 119 Å². The maximum atomic E-state index is 12.9. The van der Waals surface area contributed by atoms with Crippen LogP contribution < -0.4 is 0 Å². The Labute approximate surface area is 164 Å². The van der Waals surface area contributed by atoms with Crippen molar-refractivity contribution < 1.29 is 14.6 Å². The van der Waals surface area contributed by atoms with Gasteiger partial charge in [-0.1, -0.05) is 30.0 Å². The van der Waals surface area contributed by atoms with Crippen molar-refractivity contribution in [3.8, 4) is 0 Å². The summed E-state index contributed by atoms with van der Waals surface area (Å²) < 4.78 is 0. The first-order chi connectivity index (χ1) is 13.4. The van der Waals surface area contributed by atoms with Gasteiger partial charge in [0, 0.05) is 41.6 Å². The zero-order valence-electron chi connectivity index (χ0n) is 14.9. The maximum Gasteiger partial charge on any atom is 0.273 e. The molecule has 1 amide bonds. The average molecular weight is 400 g/mol. The molecule has 2 aromatic rings. The summed E-state index contributed by atoms with van der Waals surface area (Å²) in [7, 11) is 0. The van der Waals surface area contributed by atoms with Gasteiger partial charge in [-0.05, 0) is 18.6 Å². The van der Waals surface area contributed by atoms with Crippen LogP contribution in [0, 0.1) is 27.2 Å². The first-order valence-electron chi connectivity index (χ1n) is 8.35. The van der Waals surface area contributed by atoms with Crippen LogP contribution in [0.4, 0.5) is 11.4 Å². The lowest BCUT2D eigenvalue weighted by molar-refractivity contribution is -0.385. The molecule has 9 nitrogen and oxygen atoms in total. The Morgan fingerprint density at radius 1 is 1.14 bits per heavy atom. The second-order valence-corrected chi connectivity index (χ2v) is 6.98. The molecule has 0 N–H and O–H groups in total. The van der Waals surface area contributed by atoms with Crippen LogP contribution in [0.1, 0.15) is 21.5 Å². The molecule has 0 radical (unpaired) electrons. The Morgan fingerprint density at radius 3 is 2.50 bits per heavy atom. The molecule has 0 aliphatic carbocycles. The first-order valence-corrected chi connectivity index (χ1v) is 9.33. The Bertz CT molecular complexity index is 974. The predicted molar refractivity (Wildman–Crippen MR) is 106 cm³/mol. The van der Waals surface area contributed by atoms with Crippen LogP contribution in [0.3, 0.4) is 0 Å². The number of thioether (sulfide) groups is 1. The van der Waals surface area contributed by atoms with Crippen molar-refractivity contribution in [2.24, 2.45) is 4.99 Å². The monoisotopic (exact) mass is 400 g/mol. The van der Waals surface area contributed by atoms with Gasteiger partial charge in [0.2, 0.25) is 0 Å². The van der Waals surface area contributed by atoms with Gasteiger partial charge in [0.05, 0.1) is 16.4 Å². The molecule has 0 bridgehead atoms. The Morgan fingerprint density at radius 2 is 1.86 bits per heavy atom. The summed E-state index contributed by atoms with van der Waals surface area (Å²) in [5.74, 6) is 0.169. The van der Waals surface area contributed by atoms with Crippen molar-refractivity contribution in [1.29, 1.82) is 0 Å². The predicted octanol–water partition coefficient (Wildman–Crippen LogP) is 3.56. The van der Waals surface area contributed by atoms with Crippen LogP contribution in [0.15, 0.2) is 47.5 Å². The third kappa shape index (κ3) is 4.01. The molecular weight excluding hydrogens is 384 g/mol. The molecule has 0 fully saturated rings. The number of non-ortho nitro benzene ring substituents is 1. The number of nitrogens with zero attached hydrogens (tertiary/aromatic N) is 4. The van der Waals surface area contributed by atoms with Crippen LogP contribution >= 0.6 is 11.8 Å². The second kappa shape index (κ2) is 8.17. The number of carbonyl (C=O) groups is 1. The number of hydrogen-bond acceptors (Lipinski definition) is 7. The molecule has 3 rings (SSSR count). The molecule has 28 heavy (non-hydrogen) atoms. The van der Waals surface area contributed by atoms with E-state index in [4.69, 9.17) is 0 Å². The van der Waals surface area contributed by atoms with Crippen LogP contribution in [0.2, 0.25) is 0 Å². The second-order valence-electron chi connectivity index (χ2n) is 6.04. The Kier molecular flexibility index (Phi) is 5.69. The van der Waals surface area contributed by atoms with Crippen molar-refractivity contribution in [1.82, 2.24) is 4.90 Å². The minimum Gasteiger partial charge on any atom is -0.286 e. The number of nitro benzene ring substituents is 2. The van der Waals surface area contributed by atoms with Gasteiger partial charge in [-0.15, -0.1) is 0 Å². The third-order valence-corrected chi connectivity index (χ3v) is 5.38. The van der Waals surface area contributed by atoms with E-state index in [0.717, 1.165) is 5.56 Å². The fraction of sp³-hybridized carbons (Fsp3) is 0.222. The Balaban J connectivity index is 1.72. The highest BCUT2D eigenvalue weighted by Gasteiger charge is 2.28. The van der Waals surface area contributed by atoms with Crippen molar-refractivity contribution in [3.63, 3.8) is 0 Å². The van der Waals surface area contributed by atoms with Gasteiger partial charge in [-0.3, -0.25) is 34.9 Å². The van der Waals surface area contributed by atoms with E-state index in [1.54, 1.807) is 25.1 Å². The number of rotatable bonds is 5. The summed E-state index contributed by atoms with van der Waals surface area (Å²) >= 11 is 1.35. The van der Waals surface area contributed by atoms with Crippen LogP contribution in [0.25, 0.3) is 0 Å². The number of carbonyl (C=O) groups excluding carboxylic acids is 1. The SMILES string of the molecule is Cc1c(C(=O)N2CCN=C2SCc2ccc([N+](=O)[O-])cc2)cccc1[N+](=O)[O-]. The third-order valence-electron chi connectivity index (χ3n) is 4.29. The maximum absolute atomic E-state index is 12.9. The highest BCUT2D eigenvalue weighted by Crippen LogP contribution is 2.26. The number of aliphatic imine (C=N–C) groups is 1. The lowest BCUT2D eigenvalue weighted by Gasteiger charge is -2.19. The number of benzene rings is 2. The van der Waals surface area contributed by atoms with E-state index in [-0.39, 0.29) is 22.8 Å². The minimum absolute atomic E-state index is 0.0184. The summed E-state index contributed by atoms with van der Waals surface area (Å²) in [5, 5.41) is 22.4. The summed E-state index contributed by atoms with van der Waals surface area (Å²) in [6.07, 6.45) is 0. The van der Waals surface area contributed by atoms with E-state index in [0.29, 0.717) is 29.6 Å². The summed E-state index contributed by atoms with van der Waals surface area (Å²) in [4.78, 5) is 39.7. The summed E-state index contributed by atoms with van der Waals surface area (Å²) in [5.41, 5.74) is 1.39. The number of amides is 1. The molecule has 0 atom stereocenters. The minimum atomic E-state index is -0.506. The van der Waals surface area contributed by atoms with E-state index in [9.17, 15) is 25.0 Å². The molecule has 144 valence electrons. The molecule has 1 heterocycles. The van der Waals surface area contributed by atoms with E-state index in [1.807, 2.05) is 0 Å². The summed E-state index contributed by atoms with van der Waals surface area (Å²) in [6.45, 7) is 2.42. The quantitative estimate of drug-likeness (QED) is 0.559. The lowest BCUT2D eigenvalue weighted by Crippen LogP contribution is -2.33. The zero-order valence-corrected chi connectivity index (χ0v) is 15.7. The van der Waals surface area contributed by atoms with Gasteiger partial charge in [0.1, 0.15) is 0 Å². The van der Waals surface area contributed by atoms with Crippen LogP contribution in [-0.4, -0.2) is 38.9 Å². The van der Waals surface area contributed by atoms with Gasteiger partial charge < -0.3 is 0 Å². The van der Waals surface area contributed by atoms with Gasteiger partial charge in [-0.25, -0.2) is 0 Å². The van der Waals surface area contributed by atoms with Crippen molar-refractivity contribution >= 4 is 34.2 Å². The Hall–Kier alpha value is -3.27. The molecule has 2 aromatic carbocycles. The largest absolute Gasteiger partial charge is 0.286 e. The smallest absolute Gasteiger partial charge is 0.273 e. The molecule has 0 saturated carbocycles. The van der Waals surface area contributed by atoms with Crippen molar-refractivity contribution in [3.05, 3.63) is 79.4 Å². The lowest BCUT2D eigenvalue weighted by atomic mass is 10.1.